The molecule has 0 atom stereocenters. The summed E-state index contributed by atoms with van der Waals surface area (Å²) >= 11 is 0. The highest BCUT2D eigenvalue weighted by atomic mass is 16.2. The van der Waals surface area contributed by atoms with Crippen LogP contribution in [0.15, 0.2) is 35.1 Å². The van der Waals surface area contributed by atoms with Crippen LogP contribution < -0.4 is 10.6 Å². The maximum Gasteiger partial charge on any atom is 0.343 e. The Morgan fingerprint density at radius 1 is 1.14 bits per heavy atom. The van der Waals surface area contributed by atoms with Crippen LogP contribution in [-0.4, -0.2) is 51.8 Å². The first-order valence-electron chi connectivity index (χ1n) is 7.38. The van der Waals surface area contributed by atoms with E-state index in [2.05, 4.69) is 27.1 Å². The molecule has 0 spiro atoms. The van der Waals surface area contributed by atoms with E-state index in [1.54, 1.807) is 4.90 Å². The van der Waals surface area contributed by atoms with Crippen LogP contribution in [0, 0.1) is 0 Å². The molecule has 0 bridgehead atoms. The van der Waals surface area contributed by atoms with E-state index >= 15 is 0 Å². The first kappa shape index (κ1) is 14.4. The number of H-pyrrole nitrogens is 1. The molecule has 7 heteroatoms. The maximum absolute atomic E-state index is 12.4. The number of aromatic amines is 1. The minimum Gasteiger partial charge on any atom is -0.370 e. The van der Waals surface area contributed by atoms with Gasteiger partial charge in [0, 0.05) is 38.9 Å². The molecule has 0 saturated carbocycles. The van der Waals surface area contributed by atoms with E-state index in [-0.39, 0.29) is 17.4 Å². The van der Waals surface area contributed by atoms with E-state index in [1.807, 2.05) is 18.2 Å². The topological polar surface area (TPSA) is 74.2 Å². The van der Waals surface area contributed by atoms with Gasteiger partial charge in [-0.1, -0.05) is 18.2 Å². The van der Waals surface area contributed by atoms with Gasteiger partial charge in [0.05, 0.1) is 0 Å². The second kappa shape index (κ2) is 6.05. The number of benzene rings is 1. The Morgan fingerprint density at radius 3 is 2.59 bits per heavy atom. The Balaban J connectivity index is 1.70. The van der Waals surface area contributed by atoms with Gasteiger partial charge in [-0.05, 0) is 18.6 Å². The SMILES string of the molecule is Cn1nc(C(=O)N2CCCN(c3ccccc3)CC2)[nH]c1=O. The largest absolute Gasteiger partial charge is 0.370 e. The molecule has 3 rings (SSSR count). The summed E-state index contributed by atoms with van der Waals surface area (Å²) in [7, 11) is 1.52. The lowest BCUT2D eigenvalue weighted by Gasteiger charge is -2.23. The van der Waals surface area contributed by atoms with Crippen molar-refractivity contribution < 1.29 is 4.79 Å². The summed E-state index contributed by atoms with van der Waals surface area (Å²) in [5.41, 5.74) is 0.798. The molecule has 1 saturated heterocycles. The lowest BCUT2D eigenvalue weighted by molar-refractivity contribution is 0.0754. The van der Waals surface area contributed by atoms with Crippen LogP contribution in [0.3, 0.4) is 0 Å². The number of nitrogens with zero attached hydrogens (tertiary/aromatic N) is 4. The number of carbonyl (C=O) groups excluding carboxylic acids is 1. The second-order valence-electron chi connectivity index (χ2n) is 5.37. The molecule has 0 aliphatic carbocycles. The van der Waals surface area contributed by atoms with Crippen molar-refractivity contribution in [1.29, 1.82) is 0 Å². The number of hydrogen-bond acceptors (Lipinski definition) is 4. The Kier molecular flexibility index (Phi) is 3.95. The molecule has 1 aliphatic heterocycles. The summed E-state index contributed by atoms with van der Waals surface area (Å²) in [5.74, 6) is -0.103. The van der Waals surface area contributed by atoms with Crippen molar-refractivity contribution in [3.8, 4) is 0 Å². The van der Waals surface area contributed by atoms with Gasteiger partial charge in [0.1, 0.15) is 0 Å². The number of nitrogens with one attached hydrogen (secondary N) is 1. The number of para-hydroxylation sites is 1. The zero-order valence-electron chi connectivity index (χ0n) is 12.5. The van der Waals surface area contributed by atoms with E-state index in [0.717, 1.165) is 24.2 Å². The Hall–Kier alpha value is -2.57. The van der Waals surface area contributed by atoms with Crippen molar-refractivity contribution >= 4 is 11.6 Å². The van der Waals surface area contributed by atoms with Crippen LogP contribution in [0.2, 0.25) is 0 Å². The van der Waals surface area contributed by atoms with E-state index < -0.39 is 0 Å². The van der Waals surface area contributed by atoms with Gasteiger partial charge in [-0.2, -0.15) is 0 Å². The molecule has 2 heterocycles. The van der Waals surface area contributed by atoms with Crippen molar-refractivity contribution in [3.05, 3.63) is 46.6 Å². The monoisotopic (exact) mass is 301 g/mol. The fraction of sp³-hybridized carbons (Fsp3) is 0.400. The molecule has 7 nitrogen and oxygen atoms in total. The number of aryl methyl sites for hydroxylation is 1. The van der Waals surface area contributed by atoms with Gasteiger partial charge in [0.25, 0.3) is 5.91 Å². The quantitative estimate of drug-likeness (QED) is 0.874. The molecule has 1 fully saturated rings. The summed E-state index contributed by atoms with van der Waals surface area (Å²) < 4.78 is 1.14. The fourth-order valence-electron chi connectivity index (χ4n) is 2.67. The number of anilines is 1. The summed E-state index contributed by atoms with van der Waals surface area (Å²) in [6.45, 7) is 2.96. The van der Waals surface area contributed by atoms with E-state index in [0.29, 0.717) is 13.1 Å². The normalized spacial score (nSPS) is 15.7. The predicted molar refractivity (Wildman–Crippen MR) is 83.0 cm³/mol. The van der Waals surface area contributed by atoms with Crippen molar-refractivity contribution in [3.63, 3.8) is 0 Å². The van der Waals surface area contributed by atoms with Crippen LogP contribution in [0.1, 0.15) is 17.0 Å². The molecular formula is C15H19N5O2. The highest BCUT2D eigenvalue weighted by Gasteiger charge is 2.23. The van der Waals surface area contributed by atoms with Gasteiger partial charge in [0.15, 0.2) is 0 Å². The molecule has 0 unspecified atom stereocenters. The Morgan fingerprint density at radius 2 is 1.91 bits per heavy atom. The molecule has 2 aromatic rings. The number of amides is 1. The van der Waals surface area contributed by atoms with Crippen molar-refractivity contribution in [2.45, 2.75) is 6.42 Å². The average Bonchev–Trinajstić information content (AvgIpc) is 2.76. The van der Waals surface area contributed by atoms with Crippen molar-refractivity contribution in [1.82, 2.24) is 19.7 Å². The van der Waals surface area contributed by atoms with Gasteiger partial charge in [-0.15, -0.1) is 5.10 Å². The average molecular weight is 301 g/mol. The first-order valence-corrected chi connectivity index (χ1v) is 7.38. The summed E-state index contributed by atoms with van der Waals surface area (Å²) in [5, 5.41) is 3.94. The molecule has 1 aliphatic rings. The molecule has 22 heavy (non-hydrogen) atoms. The van der Waals surface area contributed by atoms with Gasteiger partial charge < -0.3 is 9.80 Å². The van der Waals surface area contributed by atoms with E-state index in [1.165, 1.54) is 12.7 Å². The van der Waals surface area contributed by atoms with Crippen molar-refractivity contribution in [2.75, 3.05) is 31.1 Å². The highest BCUT2D eigenvalue weighted by Crippen LogP contribution is 2.16. The lowest BCUT2D eigenvalue weighted by atomic mass is 10.3. The summed E-state index contributed by atoms with van der Waals surface area (Å²) in [6, 6.07) is 10.2. The zero-order chi connectivity index (χ0) is 15.5. The molecule has 1 aromatic carbocycles. The molecule has 116 valence electrons. The van der Waals surface area contributed by atoms with Gasteiger partial charge >= 0.3 is 5.69 Å². The Labute approximate surface area is 128 Å². The standard InChI is InChI=1S/C15H19N5O2/c1-18-15(22)16-13(17-18)14(21)20-9-5-8-19(10-11-20)12-6-3-2-4-7-12/h2-4,6-7H,5,8-11H2,1H3,(H,16,17,22). The number of aromatic nitrogens is 3. The Bertz CT molecular complexity index is 706. The number of carbonyl (C=O) groups is 1. The predicted octanol–water partition coefficient (Wildman–Crippen LogP) is 0.461. The minimum absolute atomic E-state index is 0.112. The smallest absolute Gasteiger partial charge is 0.343 e. The van der Waals surface area contributed by atoms with E-state index in [9.17, 15) is 9.59 Å². The molecule has 0 radical (unpaired) electrons. The van der Waals surface area contributed by atoms with Gasteiger partial charge in [-0.3, -0.25) is 9.78 Å². The lowest BCUT2D eigenvalue weighted by Crippen LogP contribution is -2.36. The fourth-order valence-corrected chi connectivity index (χ4v) is 2.67. The van der Waals surface area contributed by atoms with E-state index in [4.69, 9.17) is 0 Å². The molecule has 1 aromatic heterocycles. The first-order chi connectivity index (χ1) is 10.6. The minimum atomic E-state index is -0.371. The van der Waals surface area contributed by atoms with Crippen LogP contribution in [0.5, 0.6) is 0 Å². The van der Waals surface area contributed by atoms with Crippen molar-refractivity contribution in [2.24, 2.45) is 7.05 Å². The molecule has 1 N–H and O–H groups in total. The highest BCUT2D eigenvalue weighted by molar-refractivity contribution is 5.90. The molecule has 1 amide bonds. The number of hydrogen-bond donors (Lipinski definition) is 1. The van der Waals surface area contributed by atoms with Gasteiger partial charge in [0.2, 0.25) is 5.82 Å². The number of rotatable bonds is 2. The van der Waals surface area contributed by atoms with Crippen LogP contribution >= 0.6 is 0 Å². The summed E-state index contributed by atoms with van der Waals surface area (Å²) in [4.78, 5) is 30.3. The van der Waals surface area contributed by atoms with Crippen LogP contribution in [0.4, 0.5) is 5.69 Å². The third kappa shape index (κ3) is 2.88. The summed E-state index contributed by atoms with van der Waals surface area (Å²) in [6.07, 6.45) is 0.887. The molecular weight excluding hydrogens is 282 g/mol. The van der Waals surface area contributed by atoms with Crippen LogP contribution in [0.25, 0.3) is 0 Å². The zero-order valence-corrected chi connectivity index (χ0v) is 12.5. The second-order valence-corrected chi connectivity index (χ2v) is 5.37. The van der Waals surface area contributed by atoms with Gasteiger partial charge in [-0.25, -0.2) is 9.48 Å². The van der Waals surface area contributed by atoms with Crippen LogP contribution in [-0.2, 0) is 7.05 Å². The third-order valence-electron chi connectivity index (χ3n) is 3.88. The maximum atomic E-state index is 12.4. The third-order valence-corrected chi connectivity index (χ3v) is 3.88.